The molecule has 1 aliphatic heterocycles. The third-order valence-electron chi connectivity index (χ3n) is 5.16. The van der Waals surface area contributed by atoms with Crippen molar-refractivity contribution in [3.05, 3.63) is 23.8 Å². The van der Waals surface area contributed by atoms with Gasteiger partial charge in [0.15, 0.2) is 0 Å². The minimum absolute atomic E-state index is 0.00205. The first-order chi connectivity index (χ1) is 10.6. The summed E-state index contributed by atoms with van der Waals surface area (Å²) in [5, 5.41) is 9.64. The van der Waals surface area contributed by atoms with Gasteiger partial charge in [-0.15, -0.1) is 0 Å². The van der Waals surface area contributed by atoms with Gasteiger partial charge in [-0.2, -0.15) is 0 Å². The van der Waals surface area contributed by atoms with E-state index >= 15 is 0 Å². The molecule has 1 heterocycles. The van der Waals surface area contributed by atoms with E-state index in [2.05, 4.69) is 0 Å². The maximum Gasteiger partial charge on any atom is 0.321 e. The van der Waals surface area contributed by atoms with E-state index in [-0.39, 0.29) is 11.5 Å². The zero-order valence-corrected chi connectivity index (χ0v) is 13.2. The number of hydrogen-bond donors (Lipinski definition) is 1. The molecular formula is C17H23NO4. The van der Waals surface area contributed by atoms with Crippen molar-refractivity contribution in [1.82, 2.24) is 4.90 Å². The molecule has 120 valence electrons. The van der Waals surface area contributed by atoms with Gasteiger partial charge in [0.1, 0.15) is 17.5 Å². The Balaban J connectivity index is 1.80. The molecule has 22 heavy (non-hydrogen) atoms. The minimum Gasteiger partial charge on any atom is -0.497 e. The second kappa shape index (κ2) is 5.80. The lowest BCUT2D eigenvalue weighted by Crippen LogP contribution is -2.66. The molecule has 1 unspecified atom stereocenters. The number of carboxylic acid groups (broad SMARTS) is 1. The maximum absolute atomic E-state index is 11.7. The van der Waals surface area contributed by atoms with Crippen molar-refractivity contribution in [3.63, 3.8) is 0 Å². The zero-order valence-electron chi connectivity index (χ0n) is 13.2. The fourth-order valence-corrected chi connectivity index (χ4v) is 4.16. The van der Waals surface area contributed by atoms with Crippen molar-refractivity contribution in [2.45, 2.75) is 38.3 Å². The van der Waals surface area contributed by atoms with E-state index in [1.165, 1.54) is 0 Å². The van der Waals surface area contributed by atoms with Gasteiger partial charge >= 0.3 is 5.97 Å². The average molecular weight is 305 g/mol. The van der Waals surface area contributed by atoms with Gasteiger partial charge in [0.2, 0.25) is 0 Å². The topological polar surface area (TPSA) is 59.0 Å². The Morgan fingerprint density at radius 3 is 2.64 bits per heavy atom. The lowest BCUT2D eigenvalue weighted by atomic mass is 9.70. The lowest BCUT2D eigenvalue weighted by molar-refractivity contribution is -0.166. The Hall–Kier alpha value is -1.75. The number of methoxy groups -OCH3 is 2. The zero-order chi connectivity index (χ0) is 15.7. The molecule has 1 aromatic carbocycles. The fourth-order valence-electron chi connectivity index (χ4n) is 4.16. The standard InChI is InChI=1S/C17H23NO4/c1-21-13-5-6-14(22-2)12(9-13)10-18-11-17(7-3-4-8-17)15(18)16(19)20/h5-6,9,15H,3-4,7-8,10-11H2,1-2H3,(H,19,20). The molecule has 0 bridgehead atoms. The number of rotatable bonds is 5. The number of nitrogens with zero attached hydrogens (tertiary/aromatic N) is 1. The molecule has 1 aliphatic carbocycles. The summed E-state index contributed by atoms with van der Waals surface area (Å²) in [4.78, 5) is 13.8. The van der Waals surface area contributed by atoms with E-state index in [1.807, 2.05) is 23.1 Å². The van der Waals surface area contributed by atoms with Gasteiger partial charge in [-0.25, -0.2) is 0 Å². The minimum atomic E-state index is -0.699. The second-order valence-electron chi connectivity index (χ2n) is 6.39. The van der Waals surface area contributed by atoms with Crippen molar-refractivity contribution >= 4 is 5.97 Å². The van der Waals surface area contributed by atoms with Crippen LogP contribution in [0.25, 0.3) is 0 Å². The van der Waals surface area contributed by atoms with Crippen LogP contribution in [0.3, 0.4) is 0 Å². The number of carboxylic acids is 1. The molecule has 1 saturated heterocycles. The molecule has 1 spiro atoms. The molecule has 1 saturated carbocycles. The molecule has 1 atom stereocenters. The maximum atomic E-state index is 11.7. The van der Waals surface area contributed by atoms with Crippen molar-refractivity contribution in [1.29, 1.82) is 0 Å². The van der Waals surface area contributed by atoms with Crippen molar-refractivity contribution < 1.29 is 19.4 Å². The van der Waals surface area contributed by atoms with Crippen LogP contribution < -0.4 is 9.47 Å². The van der Waals surface area contributed by atoms with Crippen LogP contribution in [0.5, 0.6) is 11.5 Å². The quantitative estimate of drug-likeness (QED) is 0.906. The number of hydrogen-bond acceptors (Lipinski definition) is 4. The third-order valence-corrected chi connectivity index (χ3v) is 5.16. The summed E-state index contributed by atoms with van der Waals surface area (Å²) < 4.78 is 10.7. The van der Waals surface area contributed by atoms with Gasteiger partial charge in [-0.1, -0.05) is 12.8 Å². The highest BCUT2D eigenvalue weighted by Gasteiger charge is 2.57. The molecule has 2 aliphatic rings. The van der Waals surface area contributed by atoms with Crippen molar-refractivity contribution in [2.24, 2.45) is 5.41 Å². The Bertz CT molecular complexity index is 566. The molecule has 3 rings (SSSR count). The molecule has 5 nitrogen and oxygen atoms in total. The van der Waals surface area contributed by atoms with Crippen LogP contribution in [0.15, 0.2) is 18.2 Å². The molecule has 2 fully saturated rings. The van der Waals surface area contributed by atoms with E-state index in [4.69, 9.17) is 9.47 Å². The molecular weight excluding hydrogens is 282 g/mol. The summed E-state index contributed by atoms with van der Waals surface area (Å²) in [6.45, 7) is 1.45. The summed E-state index contributed by atoms with van der Waals surface area (Å²) in [7, 11) is 3.26. The van der Waals surface area contributed by atoms with Crippen LogP contribution in [0.2, 0.25) is 0 Å². The first-order valence-corrected chi connectivity index (χ1v) is 7.77. The van der Waals surface area contributed by atoms with Crippen LogP contribution in [-0.4, -0.2) is 42.8 Å². The van der Waals surface area contributed by atoms with Crippen LogP contribution in [0.1, 0.15) is 31.2 Å². The molecule has 5 heteroatoms. The van der Waals surface area contributed by atoms with Gasteiger partial charge in [0.05, 0.1) is 14.2 Å². The number of aliphatic carboxylic acids is 1. The van der Waals surface area contributed by atoms with E-state index in [1.54, 1.807) is 14.2 Å². The first-order valence-electron chi connectivity index (χ1n) is 7.77. The third kappa shape index (κ3) is 2.43. The molecule has 0 radical (unpaired) electrons. The predicted molar refractivity (Wildman–Crippen MR) is 82.3 cm³/mol. The SMILES string of the molecule is COc1ccc(OC)c(CN2CC3(CCCC3)C2C(=O)O)c1. The van der Waals surface area contributed by atoms with Crippen LogP contribution in [0, 0.1) is 5.41 Å². The van der Waals surface area contributed by atoms with E-state index < -0.39 is 5.97 Å². The van der Waals surface area contributed by atoms with Crippen LogP contribution >= 0.6 is 0 Å². The van der Waals surface area contributed by atoms with Crippen molar-refractivity contribution in [3.8, 4) is 11.5 Å². The summed E-state index contributed by atoms with van der Waals surface area (Å²) in [5.41, 5.74) is 0.971. The predicted octanol–water partition coefficient (Wildman–Crippen LogP) is 2.53. The lowest BCUT2D eigenvalue weighted by Gasteiger charge is -2.54. The second-order valence-corrected chi connectivity index (χ2v) is 6.39. The van der Waals surface area contributed by atoms with E-state index in [9.17, 15) is 9.90 Å². The average Bonchev–Trinajstić information content (AvgIpc) is 2.96. The highest BCUT2D eigenvalue weighted by molar-refractivity contribution is 5.76. The van der Waals surface area contributed by atoms with Gasteiger partial charge < -0.3 is 14.6 Å². The molecule has 0 aromatic heterocycles. The highest BCUT2D eigenvalue weighted by Crippen LogP contribution is 2.51. The summed E-state index contributed by atoms with van der Waals surface area (Å²) in [6.07, 6.45) is 4.38. The Morgan fingerprint density at radius 2 is 2.05 bits per heavy atom. The van der Waals surface area contributed by atoms with Gasteiger partial charge in [0.25, 0.3) is 0 Å². The Morgan fingerprint density at radius 1 is 1.32 bits per heavy atom. The number of benzene rings is 1. The monoisotopic (exact) mass is 305 g/mol. The Kier molecular flexibility index (Phi) is 4.00. The normalized spacial score (nSPS) is 23.3. The summed E-state index contributed by atoms with van der Waals surface area (Å²) in [5.74, 6) is 0.839. The van der Waals surface area contributed by atoms with Gasteiger partial charge in [-0.3, -0.25) is 9.69 Å². The van der Waals surface area contributed by atoms with E-state index in [0.29, 0.717) is 6.54 Å². The number of ether oxygens (including phenoxy) is 2. The summed E-state index contributed by atoms with van der Waals surface area (Å²) >= 11 is 0. The Labute approximate surface area is 130 Å². The van der Waals surface area contributed by atoms with E-state index in [0.717, 1.165) is 49.3 Å². The molecule has 1 N–H and O–H groups in total. The molecule has 1 aromatic rings. The number of likely N-dealkylation sites (tertiary alicyclic amines) is 1. The number of carbonyl (C=O) groups is 1. The smallest absolute Gasteiger partial charge is 0.321 e. The van der Waals surface area contributed by atoms with Crippen molar-refractivity contribution in [2.75, 3.05) is 20.8 Å². The van der Waals surface area contributed by atoms with Crippen LogP contribution in [-0.2, 0) is 11.3 Å². The highest BCUT2D eigenvalue weighted by atomic mass is 16.5. The summed E-state index contributed by atoms with van der Waals surface area (Å²) in [6, 6.07) is 5.28. The fraction of sp³-hybridized carbons (Fsp3) is 0.588. The van der Waals surface area contributed by atoms with Crippen LogP contribution in [0.4, 0.5) is 0 Å². The first kappa shape index (κ1) is 15.2. The molecule has 0 amide bonds. The largest absolute Gasteiger partial charge is 0.497 e. The van der Waals surface area contributed by atoms with Gasteiger partial charge in [-0.05, 0) is 31.0 Å². The van der Waals surface area contributed by atoms with Gasteiger partial charge in [0, 0.05) is 24.1 Å².